The fourth-order valence-corrected chi connectivity index (χ4v) is 1.73. The van der Waals surface area contributed by atoms with Gasteiger partial charge in [0.25, 0.3) is 0 Å². The molecule has 1 amide bonds. The molecule has 1 rings (SSSR count). The lowest BCUT2D eigenvalue weighted by atomic mass is 10.0. The molecule has 0 saturated heterocycles. The number of benzene rings is 1. The minimum Gasteiger partial charge on any atom is -0.370 e. The van der Waals surface area contributed by atoms with E-state index in [4.69, 9.17) is 5.73 Å². The molecule has 94 valence electrons. The normalized spacial score (nSPS) is 12.4. The number of hydrogen-bond donors (Lipinski definition) is 2. The van der Waals surface area contributed by atoms with E-state index in [1.54, 1.807) is 12.1 Å². The number of carbonyl (C=O) groups is 1. The van der Waals surface area contributed by atoms with Crippen LogP contribution in [-0.2, 0) is 4.79 Å². The van der Waals surface area contributed by atoms with E-state index >= 15 is 0 Å². The fourth-order valence-electron chi connectivity index (χ4n) is 1.73. The van der Waals surface area contributed by atoms with Crippen molar-refractivity contribution in [3.05, 3.63) is 35.6 Å². The van der Waals surface area contributed by atoms with Crippen LogP contribution in [0.2, 0.25) is 0 Å². The Labute approximate surface area is 101 Å². The third-order valence-electron chi connectivity index (χ3n) is 2.67. The summed E-state index contributed by atoms with van der Waals surface area (Å²) in [4.78, 5) is 10.6. The minimum atomic E-state index is -0.276. The molecule has 4 heteroatoms. The van der Waals surface area contributed by atoms with Gasteiger partial charge in [0.15, 0.2) is 0 Å². The highest BCUT2D eigenvalue weighted by atomic mass is 19.1. The van der Waals surface area contributed by atoms with Crippen molar-refractivity contribution in [1.29, 1.82) is 0 Å². The Morgan fingerprint density at radius 1 is 1.41 bits per heavy atom. The molecule has 0 saturated carbocycles. The maximum Gasteiger partial charge on any atom is 0.217 e. The van der Waals surface area contributed by atoms with Crippen molar-refractivity contribution in [3.63, 3.8) is 0 Å². The Morgan fingerprint density at radius 2 is 2.06 bits per heavy atom. The van der Waals surface area contributed by atoms with Crippen LogP contribution in [0.1, 0.15) is 37.8 Å². The van der Waals surface area contributed by atoms with Gasteiger partial charge in [-0.1, -0.05) is 19.1 Å². The van der Waals surface area contributed by atoms with Gasteiger partial charge in [0.2, 0.25) is 5.91 Å². The van der Waals surface area contributed by atoms with Crippen molar-refractivity contribution in [2.75, 3.05) is 6.54 Å². The summed E-state index contributed by atoms with van der Waals surface area (Å²) in [6, 6.07) is 6.69. The summed E-state index contributed by atoms with van der Waals surface area (Å²) in [6.45, 7) is 2.80. The van der Waals surface area contributed by atoms with Gasteiger partial charge >= 0.3 is 0 Å². The minimum absolute atomic E-state index is 0.198. The van der Waals surface area contributed by atoms with Crippen molar-refractivity contribution in [3.8, 4) is 0 Å². The molecule has 1 aromatic carbocycles. The molecule has 0 aliphatic rings. The first-order valence-corrected chi connectivity index (χ1v) is 5.90. The lowest BCUT2D eigenvalue weighted by Crippen LogP contribution is -2.23. The molecule has 0 bridgehead atoms. The summed E-state index contributed by atoms with van der Waals surface area (Å²) < 4.78 is 12.8. The van der Waals surface area contributed by atoms with Gasteiger partial charge in [-0.2, -0.15) is 0 Å². The van der Waals surface area contributed by atoms with Gasteiger partial charge in [0.1, 0.15) is 5.82 Å². The van der Waals surface area contributed by atoms with Crippen molar-refractivity contribution in [2.24, 2.45) is 5.73 Å². The predicted octanol–water partition coefficient (Wildman–Crippen LogP) is 2.13. The molecule has 0 aliphatic heterocycles. The number of hydrogen-bond acceptors (Lipinski definition) is 2. The molecule has 1 unspecified atom stereocenters. The molecule has 0 heterocycles. The number of rotatable bonds is 7. The van der Waals surface area contributed by atoms with Crippen LogP contribution in [-0.4, -0.2) is 12.5 Å². The van der Waals surface area contributed by atoms with Crippen LogP contribution in [0.5, 0.6) is 0 Å². The Morgan fingerprint density at radius 3 is 2.59 bits per heavy atom. The number of nitrogens with two attached hydrogens (primary N) is 1. The second kappa shape index (κ2) is 7.01. The molecular weight excluding hydrogens is 219 g/mol. The van der Waals surface area contributed by atoms with E-state index in [1.165, 1.54) is 12.1 Å². The first kappa shape index (κ1) is 13.6. The Hall–Kier alpha value is -1.42. The molecule has 0 radical (unpaired) electrons. The van der Waals surface area contributed by atoms with E-state index in [-0.39, 0.29) is 17.8 Å². The Balaban J connectivity index is 2.43. The number of nitrogens with one attached hydrogen (secondary N) is 1. The van der Waals surface area contributed by atoms with E-state index in [0.29, 0.717) is 6.42 Å². The zero-order valence-electron chi connectivity index (χ0n) is 10.1. The van der Waals surface area contributed by atoms with E-state index < -0.39 is 0 Å². The molecule has 1 atom stereocenters. The molecule has 17 heavy (non-hydrogen) atoms. The topological polar surface area (TPSA) is 55.1 Å². The maximum atomic E-state index is 12.8. The average Bonchev–Trinajstić information content (AvgIpc) is 2.30. The summed E-state index contributed by atoms with van der Waals surface area (Å²) >= 11 is 0. The van der Waals surface area contributed by atoms with Crippen LogP contribution in [0, 0.1) is 5.82 Å². The fraction of sp³-hybridized carbons (Fsp3) is 0.462. The van der Waals surface area contributed by atoms with Gasteiger partial charge in [0.05, 0.1) is 0 Å². The van der Waals surface area contributed by atoms with Gasteiger partial charge in [-0.05, 0) is 37.1 Å². The first-order chi connectivity index (χ1) is 8.13. The third-order valence-corrected chi connectivity index (χ3v) is 2.67. The van der Waals surface area contributed by atoms with Gasteiger partial charge in [-0.25, -0.2) is 4.39 Å². The van der Waals surface area contributed by atoms with E-state index in [9.17, 15) is 9.18 Å². The molecule has 0 aromatic heterocycles. The lowest BCUT2D eigenvalue weighted by Gasteiger charge is -2.17. The van der Waals surface area contributed by atoms with Crippen molar-refractivity contribution in [1.82, 2.24) is 5.32 Å². The zero-order valence-corrected chi connectivity index (χ0v) is 10.1. The summed E-state index contributed by atoms with van der Waals surface area (Å²) in [7, 11) is 0. The van der Waals surface area contributed by atoms with Crippen LogP contribution in [0.15, 0.2) is 24.3 Å². The quantitative estimate of drug-likeness (QED) is 0.715. The Bertz CT molecular complexity index is 351. The summed E-state index contributed by atoms with van der Waals surface area (Å²) in [5.74, 6) is -0.501. The van der Waals surface area contributed by atoms with E-state index in [2.05, 4.69) is 12.2 Å². The Kier molecular flexibility index (Phi) is 5.63. The number of halogens is 1. The van der Waals surface area contributed by atoms with E-state index in [1.807, 2.05) is 0 Å². The smallest absolute Gasteiger partial charge is 0.217 e. The van der Waals surface area contributed by atoms with Crippen LogP contribution in [0.4, 0.5) is 4.39 Å². The lowest BCUT2D eigenvalue weighted by molar-refractivity contribution is -0.118. The SMILES string of the molecule is CCC(NCCCC(N)=O)c1ccc(F)cc1. The molecule has 0 fully saturated rings. The predicted molar refractivity (Wildman–Crippen MR) is 65.9 cm³/mol. The average molecular weight is 238 g/mol. The monoisotopic (exact) mass is 238 g/mol. The second-order valence-corrected chi connectivity index (χ2v) is 4.04. The molecule has 0 aliphatic carbocycles. The number of carbonyl (C=O) groups excluding carboxylic acids is 1. The van der Waals surface area contributed by atoms with Gasteiger partial charge in [-0.15, -0.1) is 0 Å². The van der Waals surface area contributed by atoms with Crippen LogP contribution in [0.3, 0.4) is 0 Å². The van der Waals surface area contributed by atoms with Gasteiger partial charge in [0, 0.05) is 12.5 Å². The highest BCUT2D eigenvalue weighted by Gasteiger charge is 2.08. The standard InChI is InChI=1S/C13H19FN2O/c1-2-12(16-9-3-4-13(15)17)10-5-7-11(14)8-6-10/h5-8,12,16H,2-4,9H2,1H3,(H2,15,17). The third kappa shape index (κ3) is 4.95. The summed E-state index contributed by atoms with van der Waals surface area (Å²) in [5.41, 5.74) is 6.12. The molecule has 0 spiro atoms. The molecule has 3 N–H and O–H groups in total. The zero-order chi connectivity index (χ0) is 12.7. The van der Waals surface area contributed by atoms with Crippen LogP contribution >= 0.6 is 0 Å². The van der Waals surface area contributed by atoms with Crippen molar-refractivity contribution < 1.29 is 9.18 Å². The highest BCUT2D eigenvalue weighted by Crippen LogP contribution is 2.16. The first-order valence-electron chi connectivity index (χ1n) is 5.90. The van der Waals surface area contributed by atoms with E-state index in [0.717, 1.165) is 24.9 Å². The van der Waals surface area contributed by atoms with Gasteiger partial charge < -0.3 is 11.1 Å². The van der Waals surface area contributed by atoms with Crippen LogP contribution in [0.25, 0.3) is 0 Å². The van der Waals surface area contributed by atoms with Crippen molar-refractivity contribution in [2.45, 2.75) is 32.2 Å². The van der Waals surface area contributed by atoms with Crippen molar-refractivity contribution >= 4 is 5.91 Å². The summed E-state index contributed by atoms with van der Waals surface area (Å²) in [5, 5.41) is 3.33. The summed E-state index contributed by atoms with van der Waals surface area (Å²) in [6.07, 6.45) is 2.04. The maximum absolute atomic E-state index is 12.8. The molecule has 3 nitrogen and oxygen atoms in total. The largest absolute Gasteiger partial charge is 0.370 e. The van der Waals surface area contributed by atoms with Gasteiger partial charge in [-0.3, -0.25) is 4.79 Å². The number of primary amides is 1. The van der Waals surface area contributed by atoms with Crippen LogP contribution < -0.4 is 11.1 Å². The molecule has 1 aromatic rings. The molecular formula is C13H19FN2O. The number of amides is 1. The highest BCUT2D eigenvalue weighted by molar-refractivity contribution is 5.73. The second-order valence-electron chi connectivity index (χ2n) is 4.04.